The van der Waals surface area contributed by atoms with Crippen LogP contribution in [0.4, 0.5) is 23.8 Å². The number of ether oxygens (including phenoxy) is 2. The van der Waals surface area contributed by atoms with E-state index >= 15 is 0 Å². The Hall–Kier alpha value is -3.05. The van der Waals surface area contributed by atoms with E-state index in [-0.39, 0.29) is 17.5 Å². The van der Waals surface area contributed by atoms with Crippen LogP contribution in [0.1, 0.15) is 59.8 Å². The van der Waals surface area contributed by atoms with Crippen LogP contribution >= 0.6 is 0 Å². The molecule has 3 N–H and O–H groups in total. The second-order valence-electron chi connectivity index (χ2n) is 10.5. The molecule has 1 saturated heterocycles. The van der Waals surface area contributed by atoms with Gasteiger partial charge in [-0.15, -0.1) is 0 Å². The van der Waals surface area contributed by atoms with E-state index in [0.717, 1.165) is 25.7 Å². The van der Waals surface area contributed by atoms with Crippen LogP contribution in [-0.2, 0) is 14.3 Å². The van der Waals surface area contributed by atoms with Crippen LogP contribution in [0.15, 0.2) is 18.3 Å². The molecule has 0 bridgehead atoms. The number of nitrogens with one attached hydrogen (secondary N) is 3. The Kier molecular flexibility index (Phi) is 8.35. The van der Waals surface area contributed by atoms with Crippen molar-refractivity contribution in [2.45, 2.75) is 89.8 Å². The van der Waals surface area contributed by atoms with Crippen molar-refractivity contribution < 1.29 is 37.0 Å². The Bertz CT molecular complexity index is 958. The van der Waals surface area contributed by atoms with Gasteiger partial charge in [0.05, 0.1) is 0 Å². The first kappa shape index (κ1) is 27.5. The van der Waals surface area contributed by atoms with E-state index in [1.54, 1.807) is 20.8 Å². The summed E-state index contributed by atoms with van der Waals surface area (Å²) in [6.07, 6.45) is -3.69. The molecule has 0 radical (unpaired) electrons. The third-order valence-corrected chi connectivity index (χ3v) is 6.17. The first-order chi connectivity index (χ1) is 16.7. The van der Waals surface area contributed by atoms with Gasteiger partial charge < -0.3 is 25.4 Å². The van der Waals surface area contributed by atoms with Crippen molar-refractivity contribution in [2.24, 2.45) is 11.8 Å². The van der Waals surface area contributed by atoms with E-state index in [0.29, 0.717) is 5.92 Å². The molecule has 1 aromatic heterocycles. The van der Waals surface area contributed by atoms with E-state index in [1.165, 1.54) is 18.3 Å². The molecule has 0 aromatic carbocycles. The molecule has 9 nitrogen and oxygen atoms in total. The topological polar surface area (TPSA) is 119 Å². The summed E-state index contributed by atoms with van der Waals surface area (Å²) < 4.78 is 49.7. The molecule has 3 amide bonds. The second kappa shape index (κ2) is 10.9. The lowest BCUT2D eigenvalue weighted by Gasteiger charge is -2.32. The maximum absolute atomic E-state index is 13.2. The van der Waals surface area contributed by atoms with Crippen LogP contribution in [0, 0.1) is 11.8 Å². The number of halogens is 3. The van der Waals surface area contributed by atoms with E-state index in [2.05, 4.69) is 22.5 Å². The maximum Gasteiger partial charge on any atom is 0.408 e. The van der Waals surface area contributed by atoms with Gasteiger partial charge in [-0.2, -0.15) is 13.2 Å². The lowest BCUT2D eigenvalue weighted by molar-refractivity contribution is -0.155. The molecular formula is C24H33F3N4O5. The molecule has 0 spiro atoms. The Morgan fingerprint density at radius 2 is 1.83 bits per heavy atom. The fourth-order valence-corrected chi connectivity index (χ4v) is 4.28. The van der Waals surface area contributed by atoms with Gasteiger partial charge in [0.2, 0.25) is 0 Å². The predicted octanol–water partition coefficient (Wildman–Crippen LogP) is 3.94. The lowest BCUT2D eigenvalue weighted by Crippen LogP contribution is -2.47. The molecule has 3 atom stereocenters. The number of hydrogen-bond donors (Lipinski definition) is 3. The summed E-state index contributed by atoms with van der Waals surface area (Å²) in [6, 6.07) is 0.699. The van der Waals surface area contributed by atoms with Gasteiger partial charge in [-0.25, -0.2) is 9.78 Å². The van der Waals surface area contributed by atoms with Crippen LogP contribution in [0.5, 0.6) is 5.75 Å². The molecule has 2 heterocycles. The first-order valence-corrected chi connectivity index (χ1v) is 12.0. The molecule has 3 rings (SSSR count). The largest absolute Gasteiger partial charge is 0.480 e. The SMILES string of the molecule is CC1CCC([C@H](OC(=O)NC(C)(C)C)C(=O)Nc2cc(O[C@H]3C[C@@H](C(F)(F)F)NC3=O)ccn2)CC1. The molecule has 36 heavy (non-hydrogen) atoms. The molecule has 1 aliphatic heterocycles. The molecule has 1 saturated carbocycles. The fourth-order valence-electron chi connectivity index (χ4n) is 4.28. The van der Waals surface area contributed by atoms with Gasteiger partial charge in [-0.3, -0.25) is 9.59 Å². The number of hydrogen-bond acceptors (Lipinski definition) is 6. The average Bonchev–Trinajstić information content (AvgIpc) is 3.12. The maximum atomic E-state index is 13.2. The molecular weight excluding hydrogens is 481 g/mol. The Labute approximate surface area is 207 Å². The molecule has 12 heteroatoms. The number of rotatable bonds is 6. The van der Waals surface area contributed by atoms with Gasteiger partial charge in [0.15, 0.2) is 12.2 Å². The van der Waals surface area contributed by atoms with Crippen LogP contribution in [-0.4, -0.2) is 52.9 Å². The van der Waals surface area contributed by atoms with Crippen molar-refractivity contribution in [3.63, 3.8) is 0 Å². The van der Waals surface area contributed by atoms with Crippen LogP contribution < -0.4 is 20.7 Å². The summed E-state index contributed by atoms with van der Waals surface area (Å²) in [5, 5.41) is 7.17. The van der Waals surface area contributed by atoms with Gasteiger partial charge in [0, 0.05) is 30.1 Å². The van der Waals surface area contributed by atoms with Crippen molar-refractivity contribution >= 4 is 23.7 Å². The van der Waals surface area contributed by atoms with Gasteiger partial charge in [-0.05, 0) is 45.6 Å². The number of carbonyl (C=O) groups is 3. The number of anilines is 1. The predicted molar refractivity (Wildman–Crippen MR) is 124 cm³/mol. The van der Waals surface area contributed by atoms with Gasteiger partial charge >= 0.3 is 12.3 Å². The smallest absolute Gasteiger partial charge is 0.408 e. The lowest BCUT2D eigenvalue weighted by atomic mass is 9.80. The summed E-state index contributed by atoms with van der Waals surface area (Å²) in [5.41, 5.74) is -0.552. The summed E-state index contributed by atoms with van der Waals surface area (Å²) in [6.45, 7) is 7.52. The molecule has 2 aliphatic rings. The minimum absolute atomic E-state index is 0.0530. The second-order valence-corrected chi connectivity index (χ2v) is 10.5. The van der Waals surface area contributed by atoms with Crippen LogP contribution in [0.25, 0.3) is 0 Å². The summed E-state index contributed by atoms with van der Waals surface area (Å²) in [4.78, 5) is 41.6. The minimum Gasteiger partial charge on any atom is -0.480 e. The zero-order chi connectivity index (χ0) is 26.7. The summed E-state index contributed by atoms with van der Waals surface area (Å²) >= 11 is 0. The first-order valence-electron chi connectivity index (χ1n) is 12.0. The number of alkyl halides is 3. The molecule has 0 unspecified atom stereocenters. The highest BCUT2D eigenvalue weighted by Gasteiger charge is 2.48. The van der Waals surface area contributed by atoms with Gasteiger partial charge in [0.25, 0.3) is 11.8 Å². The van der Waals surface area contributed by atoms with Crippen molar-refractivity contribution in [2.75, 3.05) is 5.32 Å². The van der Waals surface area contributed by atoms with E-state index in [9.17, 15) is 27.6 Å². The van der Waals surface area contributed by atoms with E-state index < -0.39 is 54.3 Å². The zero-order valence-corrected chi connectivity index (χ0v) is 20.8. The highest BCUT2D eigenvalue weighted by atomic mass is 19.4. The molecule has 1 aromatic rings. The third-order valence-electron chi connectivity index (χ3n) is 6.17. The molecule has 1 aliphatic carbocycles. The van der Waals surface area contributed by atoms with Crippen molar-refractivity contribution in [3.8, 4) is 5.75 Å². The number of alkyl carbamates (subject to hydrolysis) is 1. The highest BCUT2D eigenvalue weighted by Crippen LogP contribution is 2.33. The van der Waals surface area contributed by atoms with Gasteiger partial charge in [-0.1, -0.05) is 19.8 Å². The quantitative estimate of drug-likeness (QED) is 0.529. The van der Waals surface area contributed by atoms with Crippen LogP contribution in [0.3, 0.4) is 0 Å². The van der Waals surface area contributed by atoms with Crippen molar-refractivity contribution in [3.05, 3.63) is 18.3 Å². The number of nitrogens with zero attached hydrogens (tertiary/aromatic N) is 1. The number of carbonyl (C=O) groups excluding carboxylic acids is 3. The standard InChI is InChI=1S/C24H33F3N4O5/c1-13-5-7-14(8-6-13)19(36-22(34)31-23(2,3)4)21(33)30-18-11-15(9-10-28-18)35-16-12-17(24(25,26)27)29-20(16)32/h9-11,13-14,16-17,19H,5-8,12H2,1-4H3,(H,29,32)(H,31,34)(H,28,30,33)/t13?,14?,16-,17-,19-/m0/s1. The van der Waals surface area contributed by atoms with Crippen LogP contribution in [0.2, 0.25) is 0 Å². The van der Waals surface area contributed by atoms with E-state index in [4.69, 9.17) is 9.47 Å². The van der Waals surface area contributed by atoms with Crippen molar-refractivity contribution in [1.29, 1.82) is 0 Å². The summed E-state index contributed by atoms with van der Waals surface area (Å²) in [5.74, 6) is -0.972. The highest BCUT2D eigenvalue weighted by molar-refractivity contribution is 5.95. The summed E-state index contributed by atoms with van der Waals surface area (Å²) in [7, 11) is 0. The zero-order valence-electron chi connectivity index (χ0n) is 20.8. The average molecular weight is 515 g/mol. The third kappa shape index (κ3) is 7.72. The number of pyridine rings is 1. The van der Waals surface area contributed by atoms with Crippen molar-refractivity contribution in [1.82, 2.24) is 15.6 Å². The Morgan fingerprint density at radius 1 is 1.17 bits per heavy atom. The minimum atomic E-state index is -4.57. The van der Waals surface area contributed by atoms with Gasteiger partial charge in [0.1, 0.15) is 17.6 Å². The monoisotopic (exact) mass is 514 g/mol. The Balaban J connectivity index is 1.69. The molecule has 2 fully saturated rings. The van der Waals surface area contributed by atoms with E-state index in [1.807, 2.05) is 5.32 Å². The number of aromatic nitrogens is 1. The Morgan fingerprint density at radius 3 is 2.42 bits per heavy atom. The number of amides is 3. The molecule has 200 valence electrons. The fraction of sp³-hybridized carbons (Fsp3) is 0.667. The normalized spacial score (nSPS) is 25.5.